The van der Waals surface area contributed by atoms with Gasteiger partial charge in [-0.3, -0.25) is 14.5 Å². The van der Waals surface area contributed by atoms with Crippen LogP contribution in [-0.4, -0.2) is 67.9 Å². The number of H-pyrrole nitrogens is 1. The number of aryl methyl sites for hydroxylation is 1. The Hall–Kier alpha value is -2.61. The summed E-state index contributed by atoms with van der Waals surface area (Å²) in [5.74, 6) is 0.0139. The minimum atomic E-state index is -0.244. The molecule has 2 amide bonds. The van der Waals surface area contributed by atoms with E-state index in [1.807, 2.05) is 38.1 Å². The third-order valence-corrected chi connectivity index (χ3v) is 5.20. The Balaban J connectivity index is 1.73. The molecule has 3 heterocycles. The summed E-state index contributed by atoms with van der Waals surface area (Å²) in [4.78, 5) is 36.7. The zero-order valence-corrected chi connectivity index (χ0v) is 16.2. The van der Waals surface area contributed by atoms with Gasteiger partial charge < -0.3 is 19.8 Å². The van der Waals surface area contributed by atoms with Gasteiger partial charge in [-0.25, -0.2) is 4.98 Å². The van der Waals surface area contributed by atoms with Gasteiger partial charge >= 0.3 is 0 Å². The van der Waals surface area contributed by atoms with Gasteiger partial charge in [-0.2, -0.15) is 0 Å². The topological polar surface area (TPSA) is 86.3 Å². The summed E-state index contributed by atoms with van der Waals surface area (Å²) in [5, 5.41) is 3.09. The second-order valence-electron chi connectivity index (χ2n) is 6.94. The molecule has 3 rings (SSSR count). The van der Waals surface area contributed by atoms with E-state index in [9.17, 15) is 9.59 Å². The lowest BCUT2D eigenvalue weighted by atomic mass is 10.1. The Bertz CT molecular complexity index is 765. The summed E-state index contributed by atoms with van der Waals surface area (Å²) in [6, 6.07) is 3.33. The van der Waals surface area contributed by atoms with Gasteiger partial charge in [0, 0.05) is 57.4 Å². The van der Waals surface area contributed by atoms with E-state index in [1.165, 1.54) is 0 Å². The molecule has 1 aliphatic heterocycles. The first-order valence-electron chi connectivity index (χ1n) is 9.45. The van der Waals surface area contributed by atoms with Crippen LogP contribution in [0.2, 0.25) is 0 Å². The molecule has 0 radical (unpaired) electrons. The number of carbonyl (C=O) groups excluding carboxylic acids is 2. The molecule has 146 valence electrons. The van der Waals surface area contributed by atoms with Crippen molar-refractivity contribution >= 4 is 11.8 Å². The van der Waals surface area contributed by atoms with Crippen LogP contribution in [0.25, 0.3) is 0 Å². The zero-order chi connectivity index (χ0) is 19.4. The van der Waals surface area contributed by atoms with E-state index in [0.29, 0.717) is 38.3 Å². The van der Waals surface area contributed by atoms with Gasteiger partial charge in [0.15, 0.2) is 0 Å². The lowest BCUT2D eigenvalue weighted by Crippen LogP contribution is -2.45. The normalized spacial score (nSPS) is 20.0. The fraction of sp³-hybridized carbons (Fsp3) is 0.526. The van der Waals surface area contributed by atoms with Crippen LogP contribution in [0.5, 0.6) is 0 Å². The predicted molar refractivity (Wildman–Crippen MR) is 102 cm³/mol. The minimum Gasteiger partial charge on any atom is -0.347 e. The van der Waals surface area contributed by atoms with Crippen LogP contribution < -0.4 is 5.32 Å². The number of aromatic amines is 1. The van der Waals surface area contributed by atoms with E-state index in [-0.39, 0.29) is 23.9 Å². The van der Waals surface area contributed by atoms with Gasteiger partial charge in [-0.1, -0.05) is 0 Å². The lowest BCUT2D eigenvalue weighted by molar-refractivity contribution is -0.135. The maximum atomic E-state index is 13.0. The Kier molecular flexibility index (Phi) is 5.95. The highest BCUT2D eigenvalue weighted by atomic mass is 16.2. The van der Waals surface area contributed by atoms with Crippen LogP contribution in [0.15, 0.2) is 30.9 Å². The molecule has 2 aromatic heterocycles. The predicted octanol–water partition coefficient (Wildman–Crippen LogP) is 0.990. The number of rotatable bonds is 7. The van der Waals surface area contributed by atoms with Crippen LogP contribution in [0.3, 0.4) is 0 Å². The summed E-state index contributed by atoms with van der Waals surface area (Å²) in [6.45, 7) is 6.59. The summed E-state index contributed by atoms with van der Waals surface area (Å²) < 4.78 is 1.80. The molecule has 0 bridgehead atoms. The Morgan fingerprint density at radius 2 is 2.15 bits per heavy atom. The molecule has 0 saturated carbocycles. The van der Waals surface area contributed by atoms with E-state index >= 15 is 0 Å². The Morgan fingerprint density at radius 1 is 1.37 bits per heavy atom. The van der Waals surface area contributed by atoms with E-state index in [1.54, 1.807) is 23.2 Å². The first-order chi connectivity index (χ1) is 13.0. The van der Waals surface area contributed by atoms with Gasteiger partial charge in [-0.15, -0.1) is 0 Å². The summed E-state index contributed by atoms with van der Waals surface area (Å²) in [6.07, 6.45) is 5.87. The van der Waals surface area contributed by atoms with E-state index in [2.05, 4.69) is 20.2 Å². The van der Waals surface area contributed by atoms with Gasteiger partial charge in [0.25, 0.3) is 5.91 Å². The van der Waals surface area contributed by atoms with Crippen LogP contribution >= 0.6 is 0 Å². The lowest BCUT2D eigenvalue weighted by Gasteiger charge is -2.28. The molecule has 0 aliphatic carbocycles. The maximum absolute atomic E-state index is 13.0. The highest BCUT2D eigenvalue weighted by molar-refractivity contribution is 5.93. The molecule has 27 heavy (non-hydrogen) atoms. The van der Waals surface area contributed by atoms with Crippen molar-refractivity contribution < 1.29 is 9.59 Å². The van der Waals surface area contributed by atoms with Crippen molar-refractivity contribution in [2.45, 2.75) is 38.9 Å². The van der Waals surface area contributed by atoms with Crippen LogP contribution in [-0.2, 0) is 18.4 Å². The standard InChI is InChI=1S/C19H28N6O2/c1-4-24(5-2)19(27)17-9-14(11-25(17)12-15-10-20-13-21-15)22-18(26)16-7-6-8-23(16)3/h6-8,10,13-14,17H,4-5,9,11-12H2,1-3H3,(H,20,21)(H,22,26). The van der Waals surface area contributed by atoms with Crippen LogP contribution in [0, 0.1) is 0 Å². The first-order valence-corrected chi connectivity index (χ1v) is 9.45. The van der Waals surface area contributed by atoms with Crippen molar-refractivity contribution in [2.75, 3.05) is 19.6 Å². The monoisotopic (exact) mass is 372 g/mol. The Labute approximate surface area is 159 Å². The number of nitrogens with zero attached hydrogens (tertiary/aromatic N) is 4. The summed E-state index contributed by atoms with van der Waals surface area (Å²) in [7, 11) is 1.85. The van der Waals surface area contributed by atoms with Crippen molar-refractivity contribution in [1.29, 1.82) is 0 Å². The summed E-state index contributed by atoms with van der Waals surface area (Å²) >= 11 is 0. The third-order valence-electron chi connectivity index (χ3n) is 5.20. The fourth-order valence-electron chi connectivity index (χ4n) is 3.73. The van der Waals surface area contributed by atoms with Gasteiger partial charge in [0.05, 0.1) is 12.4 Å². The number of likely N-dealkylation sites (N-methyl/N-ethyl adjacent to an activating group) is 1. The fourth-order valence-corrected chi connectivity index (χ4v) is 3.73. The zero-order valence-electron chi connectivity index (χ0n) is 16.2. The smallest absolute Gasteiger partial charge is 0.268 e. The number of hydrogen-bond acceptors (Lipinski definition) is 4. The number of imidazole rings is 1. The SMILES string of the molecule is CCN(CC)C(=O)C1CC(NC(=O)c2cccn2C)CN1Cc1cnc[nH]1. The average Bonchev–Trinajstić information content (AvgIpc) is 3.38. The molecule has 2 unspecified atom stereocenters. The second kappa shape index (κ2) is 8.39. The van der Waals surface area contributed by atoms with Crippen molar-refractivity contribution in [3.63, 3.8) is 0 Å². The van der Waals surface area contributed by atoms with Crippen molar-refractivity contribution in [3.05, 3.63) is 42.2 Å². The van der Waals surface area contributed by atoms with Gasteiger partial charge in [-0.05, 0) is 32.4 Å². The minimum absolute atomic E-state index is 0.0696. The van der Waals surface area contributed by atoms with E-state index in [4.69, 9.17) is 0 Å². The van der Waals surface area contributed by atoms with Crippen molar-refractivity contribution in [3.8, 4) is 0 Å². The molecule has 8 nitrogen and oxygen atoms in total. The number of amides is 2. The van der Waals surface area contributed by atoms with E-state index < -0.39 is 0 Å². The Morgan fingerprint density at radius 3 is 2.74 bits per heavy atom. The molecule has 2 N–H and O–H groups in total. The number of likely N-dealkylation sites (tertiary alicyclic amines) is 1. The first kappa shape index (κ1) is 19.2. The summed E-state index contributed by atoms with van der Waals surface area (Å²) in [5.41, 5.74) is 1.58. The quantitative estimate of drug-likeness (QED) is 0.759. The van der Waals surface area contributed by atoms with Gasteiger partial charge in [0.2, 0.25) is 5.91 Å². The molecular formula is C19H28N6O2. The van der Waals surface area contributed by atoms with Crippen LogP contribution in [0.1, 0.15) is 36.5 Å². The van der Waals surface area contributed by atoms with E-state index in [0.717, 1.165) is 5.69 Å². The van der Waals surface area contributed by atoms with Crippen LogP contribution in [0.4, 0.5) is 0 Å². The molecule has 2 atom stereocenters. The number of hydrogen-bond donors (Lipinski definition) is 2. The number of aromatic nitrogens is 3. The van der Waals surface area contributed by atoms with Crippen molar-refractivity contribution in [2.24, 2.45) is 7.05 Å². The molecule has 1 saturated heterocycles. The largest absolute Gasteiger partial charge is 0.347 e. The highest BCUT2D eigenvalue weighted by Crippen LogP contribution is 2.22. The molecule has 1 fully saturated rings. The molecule has 0 spiro atoms. The number of nitrogens with one attached hydrogen (secondary N) is 2. The highest BCUT2D eigenvalue weighted by Gasteiger charge is 2.39. The number of carbonyl (C=O) groups is 2. The molecular weight excluding hydrogens is 344 g/mol. The average molecular weight is 372 g/mol. The van der Waals surface area contributed by atoms with Gasteiger partial charge in [0.1, 0.15) is 5.69 Å². The van der Waals surface area contributed by atoms with Crippen molar-refractivity contribution in [1.82, 2.24) is 29.7 Å². The maximum Gasteiger partial charge on any atom is 0.268 e. The molecule has 0 aromatic carbocycles. The molecule has 8 heteroatoms. The third kappa shape index (κ3) is 4.21. The second-order valence-corrected chi connectivity index (χ2v) is 6.94. The molecule has 2 aromatic rings. The molecule has 1 aliphatic rings.